The molecular formula is C26H30FN3O6. The summed E-state index contributed by atoms with van der Waals surface area (Å²) in [7, 11) is 3.76. The fourth-order valence-electron chi connectivity index (χ4n) is 4.62. The molecule has 4 heterocycles. The number of ether oxygens (including phenoxy) is 2. The molecule has 2 N–H and O–H groups in total. The number of hydrogen-bond donors (Lipinski definition) is 2. The van der Waals surface area contributed by atoms with Gasteiger partial charge in [0, 0.05) is 23.1 Å². The molecule has 1 amide bonds. The van der Waals surface area contributed by atoms with Gasteiger partial charge in [-0.05, 0) is 43.9 Å². The van der Waals surface area contributed by atoms with Crippen molar-refractivity contribution in [3.63, 3.8) is 0 Å². The maximum absolute atomic E-state index is 13.5. The van der Waals surface area contributed by atoms with Crippen LogP contribution in [0.25, 0.3) is 16.6 Å². The van der Waals surface area contributed by atoms with Gasteiger partial charge < -0.3 is 24.6 Å². The number of phenols is 1. The molecule has 9 nitrogen and oxygen atoms in total. The lowest BCUT2D eigenvalue weighted by Crippen LogP contribution is -2.36. The number of carbonyl (C=O) groups excluding carboxylic acids is 2. The number of pyridine rings is 1. The summed E-state index contributed by atoms with van der Waals surface area (Å²) >= 11 is 0. The van der Waals surface area contributed by atoms with Gasteiger partial charge in [0.25, 0.3) is 0 Å². The van der Waals surface area contributed by atoms with E-state index >= 15 is 0 Å². The Balaban J connectivity index is 0.00000148. The minimum absolute atomic E-state index is 0.113. The number of aromatic nitrogens is 1. The quantitative estimate of drug-likeness (QED) is 0.604. The Morgan fingerprint density at radius 2 is 2.03 bits per heavy atom. The molecule has 192 valence electrons. The van der Waals surface area contributed by atoms with Crippen molar-refractivity contribution < 1.29 is 33.7 Å². The first-order valence-electron chi connectivity index (χ1n) is 11.9. The first-order valence-corrected chi connectivity index (χ1v) is 11.9. The lowest BCUT2D eigenvalue weighted by molar-refractivity contribution is -0.154. The van der Waals surface area contributed by atoms with Crippen LogP contribution in [0.5, 0.6) is 5.75 Å². The van der Waals surface area contributed by atoms with E-state index in [2.05, 4.69) is 0 Å². The Kier molecular flexibility index (Phi) is 7.39. The van der Waals surface area contributed by atoms with Crippen molar-refractivity contribution in [2.45, 2.75) is 32.7 Å². The Labute approximate surface area is 208 Å². The zero-order chi connectivity index (χ0) is 26.1. The van der Waals surface area contributed by atoms with Gasteiger partial charge >= 0.3 is 5.97 Å². The molecule has 2 aromatic rings. The number of carbonyl (C=O) groups is 2. The van der Waals surface area contributed by atoms with E-state index in [0.29, 0.717) is 40.0 Å². The van der Waals surface area contributed by atoms with Crippen molar-refractivity contribution in [2.24, 2.45) is 5.92 Å². The zero-order valence-electron chi connectivity index (χ0n) is 20.7. The molecule has 10 heteroatoms. The van der Waals surface area contributed by atoms with Gasteiger partial charge in [-0.2, -0.15) is 0 Å². The van der Waals surface area contributed by atoms with E-state index in [1.54, 1.807) is 18.2 Å². The number of hydrogen-bond acceptors (Lipinski definition) is 8. The second-order valence-corrected chi connectivity index (χ2v) is 8.75. The summed E-state index contributed by atoms with van der Waals surface area (Å²) in [6.07, 6.45) is 0.554. The van der Waals surface area contributed by atoms with E-state index in [9.17, 15) is 24.2 Å². The van der Waals surface area contributed by atoms with Crippen LogP contribution in [0.3, 0.4) is 0 Å². The van der Waals surface area contributed by atoms with E-state index in [1.807, 2.05) is 32.8 Å². The van der Waals surface area contributed by atoms with Gasteiger partial charge in [-0.15, -0.1) is 0 Å². The molecule has 3 aliphatic rings. The van der Waals surface area contributed by atoms with Crippen LogP contribution in [0, 0.1) is 5.92 Å². The first kappa shape index (κ1) is 25.7. The second kappa shape index (κ2) is 10.3. The van der Waals surface area contributed by atoms with Crippen molar-refractivity contribution in [1.82, 2.24) is 14.8 Å². The number of fused-ring (bicyclic) bond motifs is 5. The molecule has 3 unspecified atom stereocenters. The van der Waals surface area contributed by atoms with E-state index < -0.39 is 36.8 Å². The molecule has 1 aromatic heterocycles. The second-order valence-electron chi connectivity index (χ2n) is 8.75. The van der Waals surface area contributed by atoms with Crippen molar-refractivity contribution in [3.05, 3.63) is 52.7 Å². The van der Waals surface area contributed by atoms with E-state index in [0.717, 1.165) is 0 Å². The number of halogens is 1. The monoisotopic (exact) mass is 499 g/mol. The minimum atomic E-state index is -1.54. The first-order chi connectivity index (χ1) is 17.3. The number of cyclic esters (lactones) is 1. The highest BCUT2D eigenvalue weighted by Gasteiger charge is 2.45. The van der Waals surface area contributed by atoms with Gasteiger partial charge in [0.2, 0.25) is 5.91 Å². The minimum Gasteiger partial charge on any atom is -0.508 e. The van der Waals surface area contributed by atoms with Gasteiger partial charge in [-0.3, -0.25) is 9.69 Å². The van der Waals surface area contributed by atoms with Crippen LogP contribution in [0.2, 0.25) is 0 Å². The van der Waals surface area contributed by atoms with Gasteiger partial charge in [0.05, 0.1) is 29.4 Å². The zero-order valence-corrected chi connectivity index (χ0v) is 20.7. The number of phenolic OH excluding ortho intramolecular Hbond substituents is 1. The molecule has 0 aliphatic carbocycles. The van der Waals surface area contributed by atoms with Crippen LogP contribution >= 0.6 is 0 Å². The van der Waals surface area contributed by atoms with Gasteiger partial charge in [0.1, 0.15) is 19.0 Å². The highest BCUT2D eigenvalue weighted by atomic mass is 19.1. The van der Waals surface area contributed by atoms with E-state index in [1.165, 1.54) is 17.1 Å². The predicted molar refractivity (Wildman–Crippen MR) is 130 cm³/mol. The Bertz CT molecular complexity index is 1260. The lowest BCUT2D eigenvalue weighted by atomic mass is 10.0. The van der Waals surface area contributed by atoms with Gasteiger partial charge in [-0.25, -0.2) is 14.2 Å². The SMILES string of the molecule is CC.CN(C)Cc1c(O)ccc2nc3c(cc12)C(OCCF)N1C(=O)C2C=C(C=C31)C(O)C(=O)OC2. The fraction of sp³-hybridized carbons (Fsp3) is 0.423. The average Bonchev–Trinajstić information content (AvgIpc) is 2.97. The molecule has 1 aromatic carbocycles. The highest BCUT2D eigenvalue weighted by molar-refractivity contribution is 5.98. The number of amides is 1. The number of benzene rings is 1. The highest BCUT2D eigenvalue weighted by Crippen LogP contribution is 2.46. The van der Waals surface area contributed by atoms with Crippen LogP contribution in [-0.2, 0) is 25.6 Å². The predicted octanol–water partition coefficient (Wildman–Crippen LogP) is 2.67. The number of alkyl halides is 1. The molecule has 36 heavy (non-hydrogen) atoms. The summed E-state index contributed by atoms with van der Waals surface area (Å²) in [5.41, 5.74) is 2.80. The molecule has 3 atom stereocenters. The van der Waals surface area contributed by atoms with E-state index in [4.69, 9.17) is 14.5 Å². The van der Waals surface area contributed by atoms with E-state index in [-0.39, 0.29) is 24.5 Å². The molecule has 0 saturated carbocycles. The summed E-state index contributed by atoms with van der Waals surface area (Å²) in [4.78, 5) is 33.7. The molecular weight excluding hydrogens is 469 g/mol. The molecule has 3 aliphatic heterocycles. The van der Waals surface area contributed by atoms with Crippen molar-refractivity contribution >= 4 is 28.5 Å². The molecule has 0 radical (unpaired) electrons. The number of rotatable bonds is 5. The topological polar surface area (TPSA) is 112 Å². The molecule has 0 spiro atoms. The number of esters is 1. The van der Waals surface area contributed by atoms with Crippen LogP contribution < -0.4 is 0 Å². The van der Waals surface area contributed by atoms with Gasteiger partial charge in [0.15, 0.2) is 12.3 Å². The molecule has 2 bridgehead atoms. The third-order valence-corrected chi connectivity index (χ3v) is 6.14. The number of aliphatic hydroxyl groups is 1. The Hall–Kier alpha value is -3.34. The van der Waals surface area contributed by atoms with Crippen LogP contribution in [0.1, 0.15) is 36.9 Å². The summed E-state index contributed by atoms with van der Waals surface area (Å²) in [6, 6.07) is 5.05. The maximum atomic E-state index is 13.5. The van der Waals surface area contributed by atoms with Crippen LogP contribution in [-0.4, -0.2) is 77.0 Å². The van der Waals surface area contributed by atoms with Crippen LogP contribution in [0.4, 0.5) is 4.39 Å². The standard InChI is InChI=1S/C24H24FN3O6.C2H6/c1-27(2)10-16-14-9-15-20(26-17(14)3-4-19(16)29)18-8-12-7-13(11-34-24(32)21(12)30)22(31)28(18)23(15)33-6-5-25;1-2/h3-4,7-9,13,21,23,29-30H,5-6,10-11H2,1-2H3;1-2H3. The van der Waals surface area contributed by atoms with Crippen molar-refractivity contribution in [3.8, 4) is 5.75 Å². The van der Waals surface area contributed by atoms with Crippen molar-refractivity contribution in [1.29, 1.82) is 0 Å². The summed E-state index contributed by atoms with van der Waals surface area (Å²) in [6.45, 7) is 3.24. The third kappa shape index (κ3) is 4.36. The maximum Gasteiger partial charge on any atom is 0.339 e. The molecule has 0 saturated heterocycles. The molecule has 0 fully saturated rings. The number of aromatic hydroxyl groups is 1. The Morgan fingerprint density at radius 1 is 1.28 bits per heavy atom. The molecule has 5 rings (SSSR count). The van der Waals surface area contributed by atoms with Crippen LogP contribution in [0.15, 0.2) is 35.9 Å². The lowest BCUT2D eigenvalue weighted by Gasteiger charge is -2.27. The summed E-state index contributed by atoms with van der Waals surface area (Å²) in [5.74, 6) is -1.96. The smallest absolute Gasteiger partial charge is 0.339 e. The average molecular weight is 500 g/mol. The van der Waals surface area contributed by atoms with Gasteiger partial charge in [-0.1, -0.05) is 19.9 Å². The fourth-order valence-corrected chi connectivity index (χ4v) is 4.62. The largest absolute Gasteiger partial charge is 0.508 e. The third-order valence-electron chi connectivity index (χ3n) is 6.14. The summed E-state index contributed by atoms with van der Waals surface area (Å²) < 4.78 is 23.9. The Morgan fingerprint density at radius 3 is 2.72 bits per heavy atom. The number of aliphatic hydroxyl groups excluding tert-OH is 1. The summed E-state index contributed by atoms with van der Waals surface area (Å²) in [5, 5.41) is 21.6. The van der Waals surface area contributed by atoms with Crippen molar-refractivity contribution in [2.75, 3.05) is 34.0 Å². The normalized spacial score (nSPS) is 22.6. The number of nitrogens with zero attached hydrogens (tertiary/aromatic N) is 3.